The topological polar surface area (TPSA) is 113 Å². The van der Waals surface area contributed by atoms with Crippen molar-refractivity contribution in [3.8, 4) is 0 Å². The number of thioether (sulfide) groups is 1. The summed E-state index contributed by atoms with van der Waals surface area (Å²) < 4.78 is 5.07. The van der Waals surface area contributed by atoms with Gasteiger partial charge in [0.25, 0.3) is 11.1 Å². The predicted octanol–water partition coefficient (Wildman–Crippen LogP) is 0.536. The Morgan fingerprint density at radius 3 is 2.56 bits per heavy atom. The number of esters is 1. The summed E-state index contributed by atoms with van der Waals surface area (Å²) >= 11 is 0.927. The Hall–Kier alpha value is -2.39. The number of aliphatic hydroxyl groups excluding tert-OH is 1. The molecule has 9 heteroatoms. The summed E-state index contributed by atoms with van der Waals surface area (Å²) in [4.78, 5) is 47.8. The zero-order valence-corrected chi connectivity index (χ0v) is 14.4. The number of nitrogens with zero attached hydrogens (tertiary/aromatic N) is 1. The van der Waals surface area contributed by atoms with Gasteiger partial charge in [0.05, 0.1) is 17.9 Å². The van der Waals surface area contributed by atoms with Crippen LogP contribution in [-0.2, 0) is 20.9 Å². The summed E-state index contributed by atoms with van der Waals surface area (Å²) in [6, 6.07) is 6.17. The minimum atomic E-state index is -1.02. The molecular formula is C16H18N2O6S. The summed E-state index contributed by atoms with van der Waals surface area (Å²) in [5.41, 5.74) is 0.925. The molecule has 1 atom stereocenters. The van der Waals surface area contributed by atoms with Crippen molar-refractivity contribution in [3.05, 3.63) is 35.4 Å². The summed E-state index contributed by atoms with van der Waals surface area (Å²) in [5, 5.41) is 11.2. The van der Waals surface area contributed by atoms with E-state index in [0.717, 1.165) is 16.7 Å². The first-order chi connectivity index (χ1) is 11.9. The van der Waals surface area contributed by atoms with Gasteiger partial charge in [0.2, 0.25) is 5.91 Å². The molecule has 0 saturated carbocycles. The summed E-state index contributed by atoms with van der Waals surface area (Å²) in [6.07, 6.45) is -1.02. The second-order valence-corrected chi connectivity index (χ2v) is 6.22. The number of rotatable bonds is 7. The van der Waals surface area contributed by atoms with Crippen LogP contribution in [0.25, 0.3) is 0 Å². The van der Waals surface area contributed by atoms with Crippen LogP contribution < -0.4 is 5.32 Å². The maximum Gasteiger partial charge on any atom is 0.338 e. The van der Waals surface area contributed by atoms with E-state index in [1.165, 1.54) is 19.1 Å². The number of carbonyl (C=O) groups excluding carboxylic acids is 4. The first kappa shape index (κ1) is 18.9. The van der Waals surface area contributed by atoms with Crippen molar-refractivity contribution in [1.82, 2.24) is 10.2 Å². The van der Waals surface area contributed by atoms with Crippen LogP contribution in [0.3, 0.4) is 0 Å². The van der Waals surface area contributed by atoms with Crippen molar-refractivity contribution >= 4 is 34.8 Å². The molecule has 1 aromatic carbocycles. The molecule has 0 radical (unpaired) electrons. The van der Waals surface area contributed by atoms with Crippen molar-refractivity contribution in [2.45, 2.75) is 19.6 Å². The fourth-order valence-electron chi connectivity index (χ4n) is 2.06. The minimum Gasteiger partial charge on any atom is -0.449 e. The smallest absolute Gasteiger partial charge is 0.338 e. The van der Waals surface area contributed by atoms with Crippen LogP contribution in [0.4, 0.5) is 4.79 Å². The molecule has 1 aromatic rings. The molecule has 25 heavy (non-hydrogen) atoms. The number of carbonyl (C=O) groups is 4. The number of nitrogens with one attached hydrogen (secondary N) is 1. The molecule has 1 aliphatic heterocycles. The number of imide groups is 1. The minimum absolute atomic E-state index is 0.0830. The van der Waals surface area contributed by atoms with Gasteiger partial charge < -0.3 is 15.2 Å². The highest BCUT2D eigenvalue weighted by atomic mass is 32.2. The Kier molecular flexibility index (Phi) is 6.54. The fraction of sp³-hybridized carbons (Fsp3) is 0.375. The first-order valence-corrected chi connectivity index (χ1v) is 8.56. The maximum absolute atomic E-state index is 12.0. The fourth-order valence-corrected chi connectivity index (χ4v) is 2.81. The van der Waals surface area contributed by atoms with Gasteiger partial charge in [-0.05, 0) is 24.6 Å². The quantitative estimate of drug-likeness (QED) is 0.677. The molecule has 0 unspecified atom stereocenters. The second-order valence-electron chi connectivity index (χ2n) is 5.29. The van der Waals surface area contributed by atoms with Gasteiger partial charge in [0.1, 0.15) is 0 Å². The highest BCUT2D eigenvalue weighted by Crippen LogP contribution is 2.17. The van der Waals surface area contributed by atoms with Crippen molar-refractivity contribution in [2.75, 3.05) is 18.8 Å². The van der Waals surface area contributed by atoms with Crippen LogP contribution in [0.1, 0.15) is 22.8 Å². The van der Waals surface area contributed by atoms with Gasteiger partial charge >= 0.3 is 5.97 Å². The molecule has 1 heterocycles. The zero-order chi connectivity index (χ0) is 18.4. The van der Waals surface area contributed by atoms with Gasteiger partial charge in [-0.15, -0.1) is 0 Å². The Bertz CT molecular complexity index is 660. The predicted molar refractivity (Wildman–Crippen MR) is 89.8 cm³/mol. The Labute approximate surface area is 148 Å². The highest BCUT2D eigenvalue weighted by molar-refractivity contribution is 8.14. The molecule has 8 nitrogen and oxygen atoms in total. The lowest BCUT2D eigenvalue weighted by Gasteiger charge is -2.16. The van der Waals surface area contributed by atoms with E-state index in [-0.39, 0.29) is 42.2 Å². The van der Waals surface area contributed by atoms with Crippen molar-refractivity contribution in [1.29, 1.82) is 0 Å². The number of benzene rings is 1. The standard InChI is InChI=1S/C16H18N2O6S/c1-10(24-15(22)12-4-2-11(8-19)3-5-12)14(21)17-6-7-18-13(20)9-25-16(18)23/h2-5,10,19H,6-9H2,1H3,(H,17,21)/t10-/m1/s1. The highest BCUT2D eigenvalue weighted by Gasteiger charge is 2.29. The Morgan fingerprint density at radius 2 is 2.00 bits per heavy atom. The maximum atomic E-state index is 12.0. The average molecular weight is 366 g/mol. The van der Waals surface area contributed by atoms with E-state index in [0.29, 0.717) is 5.56 Å². The molecule has 0 spiro atoms. The van der Waals surface area contributed by atoms with Crippen molar-refractivity contribution in [3.63, 3.8) is 0 Å². The van der Waals surface area contributed by atoms with Crippen LogP contribution >= 0.6 is 11.8 Å². The molecule has 134 valence electrons. The largest absolute Gasteiger partial charge is 0.449 e. The lowest BCUT2D eigenvalue weighted by Crippen LogP contribution is -2.41. The molecule has 0 aliphatic carbocycles. The summed E-state index contributed by atoms with van der Waals surface area (Å²) in [5.74, 6) is -1.34. The van der Waals surface area contributed by atoms with Crippen LogP contribution in [0, 0.1) is 0 Å². The first-order valence-electron chi connectivity index (χ1n) is 7.58. The average Bonchev–Trinajstić information content (AvgIpc) is 2.93. The van der Waals surface area contributed by atoms with Crippen LogP contribution in [0.2, 0.25) is 0 Å². The van der Waals surface area contributed by atoms with E-state index in [1.807, 2.05) is 0 Å². The molecule has 1 saturated heterocycles. The number of amides is 3. The van der Waals surface area contributed by atoms with Gasteiger partial charge in [-0.1, -0.05) is 23.9 Å². The third-order valence-corrected chi connectivity index (χ3v) is 4.36. The molecule has 2 N–H and O–H groups in total. The van der Waals surface area contributed by atoms with Crippen LogP contribution in [0.5, 0.6) is 0 Å². The van der Waals surface area contributed by atoms with E-state index >= 15 is 0 Å². The molecule has 0 aromatic heterocycles. The SMILES string of the molecule is C[C@@H](OC(=O)c1ccc(CO)cc1)C(=O)NCCN1C(=O)CSC1=O. The molecule has 1 aliphatic rings. The van der Waals surface area contributed by atoms with Crippen molar-refractivity contribution in [2.24, 2.45) is 0 Å². The van der Waals surface area contributed by atoms with Gasteiger partial charge in [-0.25, -0.2) is 4.79 Å². The third kappa shape index (κ3) is 5.04. The lowest BCUT2D eigenvalue weighted by atomic mass is 10.1. The van der Waals surface area contributed by atoms with Crippen LogP contribution in [-0.4, -0.2) is 58.0 Å². The Morgan fingerprint density at radius 1 is 1.32 bits per heavy atom. The van der Waals surface area contributed by atoms with E-state index in [1.54, 1.807) is 12.1 Å². The van der Waals surface area contributed by atoms with Crippen LogP contribution in [0.15, 0.2) is 24.3 Å². The third-order valence-electron chi connectivity index (χ3n) is 3.50. The zero-order valence-electron chi connectivity index (χ0n) is 13.6. The van der Waals surface area contributed by atoms with E-state index in [4.69, 9.17) is 9.84 Å². The number of ether oxygens (including phenoxy) is 1. The van der Waals surface area contributed by atoms with Gasteiger partial charge in [-0.2, -0.15) is 0 Å². The Balaban J connectivity index is 1.78. The van der Waals surface area contributed by atoms with Gasteiger partial charge in [-0.3, -0.25) is 19.3 Å². The number of hydrogen-bond donors (Lipinski definition) is 2. The van der Waals surface area contributed by atoms with Gasteiger partial charge in [0, 0.05) is 13.1 Å². The number of hydrogen-bond acceptors (Lipinski definition) is 7. The number of aliphatic hydroxyl groups is 1. The lowest BCUT2D eigenvalue weighted by molar-refractivity contribution is -0.130. The molecule has 3 amide bonds. The molecule has 0 bridgehead atoms. The van der Waals surface area contributed by atoms with E-state index < -0.39 is 18.0 Å². The molecular weight excluding hydrogens is 348 g/mol. The van der Waals surface area contributed by atoms with E-state index in [2.05, 4.69) is 5.32 Å². The molecule has 1 fully saturated rings. The van der Waals surface area contributed by atoms with E-state index in [9.17, 15) is 19.2 Å². The monoisotopic (exact) mass is 366 g/mol. The normalized spacial score (nSPS) is 15.2. The summed E-state index contributed by atoms with van der Waals surface area (Å²) in [6.45, 7) is 1.47. The summed E-state index contributed by atoms with van der Waals surface area (Å²) in [7, 11) is 0. The van der Waals surface area contributed by atoms with Crippen molar-refractivity contribution < 1.29 is 29.0 Å². The second kappa shape index (κ2) is 8.63. The van der Waals surface area contributed by atoms with Gasteiger partial charge in [0.15, 0.2) is 6.10 Å². The molecule has 2 rings (SSSR count).